The molecule has 136 valence electrons. The number of fused-ring (bicyclic) bond motifs is 1. The van der Waals surface area contributed by atoms with Crippen LogP contribution in [-0.4, -0.2) is 27.3 Å². The molecular formula is C21H25N3OS. The van der Waals surface area contributed by atoms with Gasteiger partial charge in [0, 0.05) is 11.8 Å². The van der Waals surface area contributed by atoms with E-state index in [9.17, 15) is 4.79 Å². The van der Waals surface area contributed by atoms with E-state index in [1.807, 2.05) is 49.4 Å². The third kappa shape index (κ3) is 4.28. The zero-order chi connectivity index (χ0) is 18.5. The molecule has 0 unspecified atom stereocenters. The number of benzene rings is 2. The molecule has 2 aromatic carbocycles. The number of carbonyl (C=O) groups is 1. The van der Waals surface area contributed by atoms with Gasteiger partial charge in [-0.15, -0.1) is 0 Å². The fourth-order valence-corrected chi connectivity index (χ4v) is 3.87. The van der Waals surface area contributed by atoms with Gasteiger partial charge in [-0.3, -0.25) is 4.79 Å². The van der Waals surface area contributed by atoms with Crippen LogP contribution in [0, 0.1) is 0 Å². The Kier molecular flexibility index (Phi) is 5.99. The number of thioether (sulfide) groups is 1. The summed E-state index contributed by atoms with van der Waals surface area (Å²) in [7, 11) is 0. The topological polar surface area (TPSA) is 46.9 Å². The Labute approximate surface area is 159 Å². The zero-order valence-electron chi connectivity index (χ0n) is 15.5. The average molecular weight is 368 g/mol. The Morgan fingerprint density at radius 3 is 2.50 bits per heavy atom. The van der Waals surface area contributed by atoms with Crippen molar-refractivity contribution < 1.29 is 4.79 Å². The molecule has 5 heteroatoms. The van der Waals surface area contributed by atoms with Crippen LogP contribution in [0.25, 0.3) is 11.0 Å². The second-order valence-electron chi connectivity index (χ2n) is 6.62. The molecule has 1 atom stereocenters. The van der Waals surface area contributed by atoms with Crippen LogP contribution < -0.4 is 5.32 Å². The molecule has 1 N–H and O–H groups in total. The molecular weight excluding hydrogens is 342 g/mol. The van der Waals surface area contributed by atoms with Gasteiger partial charge in [0.15, 0.2) is 5.16 Å². The lowest BCUT2D eigenvalue weighted by atomic mass is 10.1. The Balaban J connectivity index is 1.75. The lowest BCUT2D eigenvalue weighted by Crippen LogP contribution is -2.32. The van der Waals surface area contributed by atoms with Gasteiger partial charge in [-0.05, 0) is 31.0 Å². The van der Waals surface area contributed by atoms with Gasteiger partial charge < -0.3 is 9.88 Å². The summed E-state index contributed by atoms with van der Waals surface area (Å²) in [4.78, 5) is 17.5. The van der Waals surface area contributed by atoms with E-state index >= 15 is 0 Å². The summed E-state index contributed by atoms with van der Waals surface area (Å²) in [6.45, 7) is 6.85. The molecule has 0 aliphatic rings. The van der Waals surface area contributed by atoms with Gasteiger partial charge in [-0.1, -0.05) is 68.1 Å². The van der Waals surface area contributed by atoms with Crippen LogP contribution in [0.4, 0.5) is 0 Å². The highest BCUT2D eigenvalue weighted by atomic mass is 32.2. The van der Waals surface area contributed by atoms with Crippen molar-refractivity contribution in [3.8, 4) is 0 Å². The van der Waals surface area contributed by atoms with Crippen molar-refractivity contribution in [3.05, 3.63) is 60.2 Å². The number of aromatic nitrogens is 2. The average Bonchev–Trinajstić information content (AvgIpc) is 2.98. The minimum atomic E-state index is -0.306. The van der Waals surface area contributed by atoms with E-state index in [0.717, 1.165) is 22.6 Å². The van der Waals surface area contributed by atoms with Crippen LogP contribution >= 0.6 is 11.8 Å². The maximum absolute atomic E-state index is 12.7. The van der Waals surface area contributed by atoms with Crippen LogP contribution in [0.3, 0.4) is 0 Å². The Morgan fingerprint density at radius 1 is 1.08 bits per heavy atom. The number of carbonyl (C=O) groups excluding carboxylic acids is 1. The molecule has 3 aromatic rings. The van der Waals surface area contributed by atoms with E-state index in [4.69, 9.17) is 4.98 Å². The molecule has 1 amide bonds. The number of amides is 1. The Bertz CT molecular complexity index is 873. The number of nitrogens with one attached hydrogen (secondary N) is 1. The van der Waals surface area contributed by atoms with E-state index in [2.05, 4.69) is 35.9 Å². The molecule has 0 fully saturated rings. The summed E-state index contributed by atoms with van der Waals surface area (Å²) in [5, 5.41) is 4.36. The number of imidazole rings is 1. The smallest absolute Gasteiger partial charge is 0.242 e. The normalized spacial score (nSPS) is 12.5. The van der Waals surface area contributed by atoms with E-state index in [1.54, 1.807) is 11.8 Å². The molecule has 0 saturated carbocycles. The summed E-state index contributed by atoms with van der Waals surface area (Å²) < 4.78 is 2.05. The van der Waals surface area contributed by atoms with E-state index in [0.29, 0.717) is 11.8 Å². The predicted octanol–water partition coefficient (Wildman–Crippen LogP) is 4.46. The molecule has 0 bridgehead atoms. The molecule has 0 aliphatic carbocycles. The van der Waals surface area contributed by atoms with Crippen molar-refractivity contribution >= 4 is 28.7 Å². The lowest BCUT2D eigenvalue weighted by molar-refractivity contribution is -0.123. The number of para-hydroxylation sites is 2. The molecule has 0 spiro atoms. The van der Waals surface area contributed by atoms with Gasteiger partial charge in [0.25, 0.3) is 0 Å². The first kappa shape index (κ1) is 18.5. The minimum absolute atomic E-state index is 0.0229. The monoisotopic (exact) mass is 367 g/mol. The first-order valence-corrected chi connectivity index (χ1v) is 9.89. The SMILES string of the molecule is CC(C)Sc1nc2ccccc2n1[C@H](C)C(=O)NCCc1ccccc1. The number of hydrogen-bond donors (Lipinski definition) is 1. The maximum atomic E-state index is 12.7. The van der Waals surface area contributed by atoms with Crippen LogP contribution in [0.5, 0.6) is 0 Å². The maximum Gasteiger partial charge on any atom is 0.242 e. The van der Waals surface area contributed by atoms with E-state index in [-0.39, 0.29) is 11.9 Å². The fraction of sp³-hybridized carbons (Fsp3) is 0.333. The van der Waals surface area contributed by atoms with E-state index in [1.165, 1.54) is 5.56 Å². The van der Waals surface area contributed by atoms with Crippen molar-refractivity contribution in [2.24, 2.45) is 0 Å². The van der Waals surface area contributed by atoms with Crippen molar-refractivity contribution in [3.63, 3.8) is 0 Å². The molecule has 4 nitrogen and oxygen atoms in total. The van der Waals surface area contributed by atoms with Crippen LogP contribution in [0.2, 0.25) is 0 Å². The van der Waals surface area contributed by atoms with Gasteiger partial charge in [0.05, 0.1) is 11.0 Å². The van der Waals surface area contributed by atoms with Crippen molar-refractivity contribution in [2.75, 3.05) is 6.54 Å². The first-order valence-electron chi connectivity index (χ1n) is 9.01. The highest BCUT2D eigenvalue weighted by Crippen LogP contribution is 2.30. The quantitative estimate of drug-likeness (QED) is 0.627. The molecule has 1 heterocycles. The van der Waals surface area contributed by atoms with Gasteiger partial charge in [-0.25, -0.2) is 4.98 Å². The largest absolute Gasteiger partial charge is 0.354 e. The molecule has 0 aliphatic heterocycles. The summed E-state index contributed by atoms with van der Waals surface area (Å²) in [5.41, 5.74) is 3.16. The highest BCUT2D eigenvalue weighted by Gasteiger charge is 2.22. The van der Waals surface area contributed by atoms with Gasteiger partial charge >= 0.3 is 0 Å². The van der Waals surface area contributed by atoms with Gasteiger partial charge in [-0.2, -0.15) is 0 Å². The Morgan fingerprint density at radius 2 is 1.77 bits per heavy atom. The van der Waals surface area contributed by atoms with Crippen LogP contribution in [0.15, 0.2) is 59.8 Å². The summed E-state index contributed by atoms with van der Waals surface area (Å²) >= 11 is 1.69. The van der Waals surface area contributed by atoms with Crippen LogP contribution in [0.1, 0.15) is 32.4 Å². The fourth-order valence-electron chi connectivity index (χ4n) is 2.93. The summed E-state index contributed by atoms with van der Waals surface area (Å²) in [5.74, 6) is 0.0229. The minimum Gasteiger partial charge on any atom is -0.354 e. The standard InChI is InChI=1S/C21H25N3OS/c1-15(2)26-21-23-18-11-7-8-12-19(18)24(21)16(3)20(25)22-14-13-17-9-5-4-6-10-17/h4-12,15-16H,13-14H2,1-3H3,(H,22,25)/t16-/m1/s1. The van der Waals surface area contributed by atoms with E-state index < -0.39 is 0 Å². The number of hydrogen-bond acceptors (Lipinski definition) is 3. The number of nitrogens with zero attached hydrogens (tertiary/aromatic N) is 2. The van der Waals surface area contributed by atoms with Crippen molar-refractivity contribution in [1.29, 1.82) is 0 Å². The molecule has 26 heavy (non-hydrogen) atoms. The molecule has 1 aromatic heterocycles. The second kappa shape index (κ2) is 8.41. The zero-order valence-corrected chi connectivity index (χ0v) is 16.3. The molecule has 3 rings (SSSR count). The van der Waals surface area contributed by atoms with Crippen molar-refractivity contribution in [2.45, 2.75) is 43.6 Å². The van der Waals surface area contributed by atoms with Gasteiger partial charge in [0.2, 0.25) is 5.91 Å². The second-order valence-corrected chi connectivity index (χ2v) is 8.17. The van der Waals surface area contributed by atoms with Crippen LogP contribution in [-0.2, 0) is 11.2 Å². The first-order chi connectivity index (χ1) is 12.6. The summed E-state index contributed by atoms with van der Waals surface area (Å²) in [6, 6.07) is 17.9. The summed E-state index contributed by atoms with van der Waals surface area (Å²) in [6.07, 6.45) is 0.831. The molecule has 0 saturated heterocycles. The predicted molar refractivity (Wildman–Crippen MR) is 109 cm³/mol. The highest BCUT2D eigenvalue weighted by molar-refractivity contribution is 7.99. The third-order valence-corrected chi connectivity index (χ3v) is 5.20. The van der Waals surface area contributed by atoms with Gasteiger partial charge in [0.1, 0.15) is 6.04 Å². The Hall–Kier alpha value is -2.27. The van der Waals surface area contributed by atoms with Crippen molar-refractivity contribution in [1.82, 2.24) is 14.9 Å². The number of rotatable bonds is 7. The third-order valence-electron chi connectivity index (χ3n) is 4.23. The lowest BCUT2D eigenvalue weighted by Gasteiger charge is -2.18. The molecule has 0 radical (unpaired) electrons.